The number of halogens is 1. The fourth-order valence-electron chi connectivity index (χ4n) is 1.16. The molecule has 0 heterocycles. The maximum Gasteiger partial charge on any atom is 0.126 e. The van der Waals surface area contributed by atoms with Crippen LogP contribution in [-0.2, 0) is 0 Å². The Kier molecular flexibility index (Phi) is 3.25. The second-order valence-corrected chi connectivity index (χ2v) is 3.07. The van der Waals surface area contributed by atoms with Crippen LogP contribution in [0, 0.1) is 19.7 Å². The van der Waals surface area contributed by atoms with Crippen LogP contribution >= 0.6 is 0 Å². The van der Waals surface area contributed by atoms with E-state index in [4.69, 9.17) is 5.11 Å². The van der Waals surface area contributed by atoms with Crippen LogP contribution in [-0.4, -0.2) is 18.3 Å². The van der Waals surface area contributed by atoms with Crippen LogP contribution in [0.4, 0.5) is 10.1 Å². The largest absolute Gasteiger partial charge is 0.395 e. The minimum absolute atomic E-state index is 0.0792. The van der Waals surface area contributed by atoms with Crippen molar-refractivity contribution >= 4 is 5.69 Å². The van der Waals surface area contributed by atoms with E-state index in [2.05, 4.69) is 5.32 Å². The molecule has 0 saturated heterocycles. The molecule has 0 bridgehead atoms. The Bertz CT molecular complexity index is 299. The molecule has 0 aliphatic heterocycles. The number of anilines is 1. The van der Waals surface area contributed by atoms with Crippen molar-refractivity contribution in [1.82, 2.24) is 0 Å². The lowest BCUT2D eigenvalue weighted by Crippen LogP contribution is -2.07. The average Bonchev–Trinajstić information content (AvgIpc) is 2.09. The Hall–Kier alpha value is -1.09. The Morgan fingerprint density at radius 1 is 1.31 bits per heavy atom. The van der Waals surface area contributed by atoms with Gasteiger partial charge in [-0.15, -0.1) is 0 Å². The third-order valence-electron chi connectivity index (χ3n) is 1.93. The molecule has 1 rings (SSSR count). The van der Waals surface area contributed by atoms with Gasteiger partial charge in [-0.2, -0.15) is 0 Å². The summed E-state index contributed by atoms with van der Waals surface area (Å²) in [6.07, 6.45) is 0. The first-order valence-electron chi connectivity index (χ1n) is 4.26. The first kappa shape index (κ1) is 9.99. The minimum atomic E-state index is -0.188. The molecule has 0 aliphatic rings. The van der Waals surface area contributed by atoms with Gasteiger partial charge in [0.1, 0.15) is 5.82 Å². The van der Waals surface area contributed by atoms with E-state index in [0.29, 0.717) is 12.1 Å². The van der Waals surface area contributed by atoms with Crippen molar-refractivity contribution in [3.8, 4) is 0 Å². The fourth-order valence-corrected chi connectivity index (χ4v) is 1.16. The normalized spacial score (nSPS) is 10.2. The molecule has 72 valence electrons. The first-order valence-corrected chi connectivity index (χ1v) is 4.26. The van der Waals surface area contributed by atoms with E-state index in [-0.39, 0.29) is 12.4 Å². The van der Waals surface area contributed by atoms with Gasteiger partial charge in [-0.05, 0) is 37.1 Å². The maximum absolute atomic E-state index is 13.0. The Morgan fingerprint density at radius 2 is 2.00 bits per heavy atom. The molecule has 0 fully saturated rings. The van der Waals surface area contributed by atoms with Crippen molar-refractivity contribution in [3.63, 3.8) is 0 Å². The number of aliphatic hydroxyl groups excluding tert-OH is 1. The van der Waals surface area contributed by atoms with Gasteiger partial charge in [-0.25, -0.2) is 4.39 Å². The summed E-state index contributed by atoms with van der Waals surface area (Å²) in [6, 6.07) is 3.25. The van der Waals surface area contributed by atoms with Gasteiger partial charge in [0.15, 0.2) is 0 Å². The SMILES string of the molecule is Cc1cc(NCCO)c(C)cc1F. The Balaban J connectivity index is 2.88. The van der Waals surface area contributed by atoms with Crippen LogP contribution < -0.4 is 5.32 Å². The number of nitrogens with one attached hydrogen (secondary N) is 1. The third kappa shape index (κ3) is 2.42. The smallest absolute Gasteiger partial charge is 0.126 e. The molecule has 0 atom stereocenters. The molecule has 0 amide bonds. The molecular formula is C10H14FNO. The highest BCUT2D eigenvalue weighted by Gasteiger charge is 2.02. The van der Waals surface area contributed by atoms with E-state index in [9.17, 15) is 4.39 Å². The third-order valence-corrected chi connectivity index (χ3v) is 1.93. The van der Waals surface area contributed by atoms with Crippen molar-refractivity contribution in [2.24, 2.45) is 0 Å². The molecule has 0 aliphatic carbocycles. The van der Waals surface area contributed by atoms with Gasteiger partial charge in [0, 0.05) is 12.2 Å². The van der Waals surface area contributed by atoms with Crippen LogP contribution in [0.1, 0.15) is 11.1 Å². The predicted octanol–water partition coefficient (Wildman–Crippen LogP) is 1.85. The van der Waals surface area contributed by atoms with Crippen molar-refractivity contribution in [1.29, 1.82) is 0 Å². The number of rotatable bonds is 3. The van der Waals surface area contributed by atoms with Gasteiger partial charge >= 0.3 is 0 Å². The minimum Gasteiger partial charge on any atom is -0.395 e. The Labute approximate surface area is 77.4 Å². The summed E-state index contributed by atoms with van der Waals surface area (Å²) in [6.45, 7) is 4.13. The van der Waals surface area contributed by atoms with Gasteiger partial charge in [0.05, 0.1) is 6.61 Å². The molecular weight excluding hydrogens is 169 g/mol. The monoisotopic (exact) mass is 183 g/mol. The van der Waals surface area contributed by atoms with Crippen LogP contribution in [0.25, 0.3) is 0 Å². The van der Waals surface area contributed by atoms with Crippen LogP contribution in [0.15, 0.2) is 12.1 Å². The summed E-state index contributed by atoms with van der Waals surface area (Å²) in [4.78, 5) is 0. The number of benzene rings is 1. The quantitative estimate of drug-likeness (QED) is 0.749. The standard InChI is InChI=1S/C10H14FNO/c1-7-6-10(12-3-4-13)8(2)5-9(7)11/h5-6,12-13H,3-4H2,1-2H3. The molecule has 1 aromatic carbocycles. The predicted molar refractivity (Wildman–Crippen MR) is 51.4 cm³/mol. The number of hydrogen-bond acceptors (Lipinski definition) is 2. The van der Waals surface area contributed by atoms with Gasteiger partial charge < -0.3 is 10.4 Å². The van der Waals surface area contributed by atoms with Crippen LogP contribution in [0.5, 0.6) is 0 Å². The zero-order chi connectivity index (χ0) is 9.84. The molecule has 3 heteroatoms. The average molecular weight is 183 g/mol. The molecule has 0 aromatic heterocycles. The van der Waals surface area contributed by atoms with E-state index in [1.54, 1.807) is 13.0 Å². The van der Waals surface area contributed by atoms with Crippen LogP contribution in [0.3, 0.4) is 0 Å². The van der Waals surface area contributed by atoms with Crippen molar-refractivity contribution in [2.45, 2.75) is 13.8 Å². The molecule has 0 radical (unpaired) electrons. The molecule has 13 heavy (non-hydrogen) atoms. The van der Waals surface area contributed by atoms with E-state index in [0.717, 1.165) is 11.3 Å². The van der Waals surface area contributed by atoms with Gasteiger partial charge in [0.25, 0.3) is 0 Å². The molecule has 0 saturated carbocycles. The summed E-state index contributed by atoms with van der Waals surface area (Å²) in [5.74, 6) is -0.188. The summed E-state index contributed by atoms with van der Waals surface area (Å²) in [7, 11) is 0. The number of aryl methyl sites for hydroxylation is 2. The van der Waals surface area contributed by atoms with Crippen molar-refractivity contribution in [2.75, 3.05) is 18.5 Å². The van der Waals surface area contributed by atoms with Crippen molar-refractivity contribution < 1.29 is 9.50 Å². The second kappa shape index (κ2) is 4.23. The molecule has 0 unspecified atom stereocenters. The topological polar surface area (TPSA) is 32.3 Å². The molecule has 0 spiro atoms. The lowest BCUT2D eigenvalue weighted by atomic mass is 10.1. The van der Waals surface area contributed by atoms with Gasteiger partial charge in [0.2, 0.25) is 0 Å². The summed E-state index contributed by atoms with van der Waals surface area (Å²) >= 11 is 0. The first-order chi connectivity index (χ1) is 6.15. The van der Waals surface area contributed by atoms with Crippen LogP contribution in [0.2, 0.25) is 0 Å². The highest BCUT2D eigenvalue weighted by molar-refractivity contribution is 5.52. The lowest BCUT2D eigenvalue weighted by Gasteiger charge is -2.09. The van der Waals surface area contributed by atoms with Gasteiger partial charge in [-0.1, -0.05) is 0 Å². The maximum atomic E-state index is 13.0. The molecule has 1 aromatic rings. The zero-order valence-corrected chi connectivity index (χ0v) is 7.89. The molecule has 2 N–H and O–H groups in total. The summed E-state index contributed by atoms with van der Waals surface area (Å²) in [5.41, 5.74) is 2.36. The highest BCUT2D eigenvalue weighted by atomic mass is 19.1. The van der Waals surface area contributed by atoms with Crippen molar-refractivity contribution in [3.05, 3.63) is 29.1 Å². The Morgan fingerprint density at radius 3 is 2.62 bits per heavy atom. The zero-order valence-electron chi connectivity index (χ0n) is 7.89. The van der Waals surface area contributed by atoms with E-state index in [1.807, 2.05) is 6.92 Å². The van der Waals surface area contributed by atoms with E-state index < -0.39 is 0 Å². The highest BCUT2D eigenvalue weighted by Crippen LogP contribution is 2.18. The lowest BCUT2D eigenvalue weighted by molar-refractivity contribution is 0.311. The number of aliphatic hydroxyl groups is 1. The fraction of sp³-hybridized carbons (Fsp3) is 0.400. The second-order valence-electron chi connectivity index (χ2n) is 3.07. The van der Waals surface area contributed by atoms with Gasteiger partial charge in [-0.3, -0.25) is 0 Å². The summed E-state index contributed by atoms with van der Waals surface area (Å²) < 4.78 is 13.0. The van der Waals surface area contributed by atoms with E-state index in [1.165, 1.54) is 6.07 Å². The van der Waals surface area contributed by atoms with E-state index >= 15 is 0 Å². The molecule has 2 nitrogen and oxygen atoms in total. The number of hydrogen-bond donors (Lipinski definition) is 2. The summed E-state index contributed by atoms with van der Waals surface area (Å²) in [5, 5.41) is 11.6.